The van der Waals surface area contributed by atoms with E-state index in [0.29, 0.717) is 0 Å². The molecule has 0 radical (unpaired) electrons. The van der Waals surface area contributed by atoms with Crippen LogP contribution in [0.3, 0.4) is 0 Å². The van der Waals surface area contributed by atoms with Crippen LogP contribution in [0.4, 0.5) is 0 Å². The van der Waals surface area contributed by atoms with Crippen LogP contribution >= 0.6 is 15.9 Å². The third-order valence-electron chi connectivity index (χ3n) is 2.15. The predicted octanol–water partition coefficient (Wildman–Crippen LogP) is 2.75. The zero-order valence-electron chi connectivity index (χ0n) is 7.94. The van der Waals surface area contributed by atoms with Gasteiger partial charge >= 0.3 is 0 Å². The van der Waals surface area contributed by atoms with Gasteiger partial charge in [0, 0.05) is 5.33 Å². The molecule has 0 aliphatic carbocycles. The van der Waals surface area contributed by atoms with E-state index in [-0.39, 0.29) is 0 Å². The highest BCUT2D eigenvalue weighted by atomic mass is 79.9. The van der Waals surface area contributed by atoms with Crippen molar-refractivity contribution in [3.63, 3.8) is 0 Å². The molecular formula is C9H20BrN. The van der Waals surface area contributed by atoms with Gasteiger partial charge in [-0.2, -0.15) is 0 Å². The van der Waals surface area contributed by atoms with Crippen LogP contribution in [0.5, 0.6) is 0 Å². The molecule has 0 aliphatic rings. The Kier molecular flexibility index (Phi) is 7.39. The molecule has 0 aromatic carbocycles. The minimum absolute atomic E-state index is 0.864. The molecule has 0 rings (SSSR count). The lowest BCUT2D eigenvalue weighted by molar-refractivity contribution is 0.318. The van der Waals surface area contributed by atoms with Crippen LogP contribution in [-0.2, 0) is 0 Å². The lowest BCUT2D eigenvalue weighted by atomic mass is 10.1. The highest BCUT2D eigenvalue weighted by Gasteiger charge is 2.01. The second kappa shape index (κ2) is 7.11. The van der Waals surface area contributed by atoms with E-state index in [4.69, 9.17) is 0 Å². The first kappa shape index (κ1) is 11.4. The summed E-state index contributed by atoms with van der Waals surface area (Å²) in [5.74, 6) is 0.864. The van der Waals surface area contributed by atoms with Crippen LogP contribution in [0.2, 0.25) is 0 Å². The van der Waals surface area contributed by atoms with E-state index in [1.54, 1.807) is 0 Å². The summed E-state index contributed by atoms with van der Waals surface area (Å²) in [6.07, 6.45) is 2.63. The lowest BCUT2D eigenvalue weighted by Crippen LogP contribution is -2.20. The van der Waals surface area contributed by atoms with Gasteiger partial charge in [-0.3, -0.25) is 0 Å². The number of alkyl halides is 1. The van der Waals surface area contributed by atoms with Gasteiger partial charge in [0.25, 0.3) is 0 Å². The molecule has 1 atom stereocenters. The minimum atomic E-state index is 0.864. The maximum Gasteiger partial charge on any atom is 0.00338 e. The fourth-order valence-electron chi connectivity index (χ4n) is 0.929. The van der Waals surface area contributed by atoms with Gasteiger partial charge in [0.15, 0.2) is 0 Å². The quantitative estimate of drug-likeness (QED) is 0.624. The third-order valence-corrected chi connectivity index (χ3v) is 2.60. The standard InChI is InChI=1S/C9H20BrN/c1-4-11(3)8-6-9(2)5-7-10/h9H,4-8H2,1-3H3. The van der Waals surface area contributed by atoms with Crippen molar-refractivity contribution < 1.29 is 0 Å². The molecule has 0 bridgehead atoms. The van der Waals surface area contributed by atoms with E-state index < -0.39 is 0 Å². The Hall–Kier alpha value is 0.440. The SMILES string of the molecule is CCN(C)CCC(C)CCBr. The van der Waals surface area contributed by atoms with Crippen LogP contribution in [0.15, 0.2) is 0 Å². The van der Waals surface area contributed by atoms with Gasteiger partial charge in [-0.1, -0.05) is 29.8 Å². The molecule has 1 nitrogen and oxygen atoms in total. The van der Waals surface area contributed by atoms with Crippen molar-refractivity contribution in [1.82, 2.24) is 4.90 Å². The monoisotopic (exact) mass is 221 g/mol. The van der Waals surface area contributed by atoms with Gasteiger partial charge in [0.05, 0.1) is 0 Å². The van der Waals surface area contributed by atoms with Crippen molar-refractivity contribution in [1.29, 1.82) is 0 Å². The zero-order valence-corrected chi connectivity index (χ0v) is 9.52. The topological polar surface area (TPSA) is 3.24 Å². The van der Waals surface area contributed by atoms with Crippen molar-refractivity contribution >= 4 is 15.9 Å². The number of hydrogen-bond donors (Lipinski definition) is 0. The van der Waals surface area contributed by atoms with Crippen LogP contribution < -0.4 is 0 Å². The van der Waals surface area contributed by atoms with Crippen molar-refractivity contribution in [2.75, 3.05) is 25.5 Å². The highest BCUT2D eigenvalue weighted by Crippen LogP contribution is 2.09. The summed E-state index contributed by atoms with van der Waals surface area (Å²) in [5, 5.41) is 1.14. The molecule has 68 valence electrons. The molecule has 0 amide bonds. The first-order valence-corrected chi connectivity index (χ1v) is 5.57. The second-order valence-corrected chi connectivity index (χ2v) is 4.06. The second-order valence-electron chi connectivity index (χ2n) is 3.27. The molecule has 0 fully saturated rings. The lowest BCUT2D eigenvalue weighted by Gasteiger charge is -2.16. The normalized spacial score (nSPS) is 13.9. The average molecular weight is 222 g/mol. The summed E-state index contributed by atoms with van der Waals surface area (Å²) in [5.41, 5.74) is 0. The Morgan fingerprint density at radius 3 is 2.45 bits per heavy atom. The predicted molar refractivity (Wildman–Crippen MR) is 55.4 cm³/mol. The van der Waals surface area contributed by atoms with Crippen molar-refractivity contribution in [3.05, 3.63) is 0 Å². The Balaban J connectivity index is 3.22. The highest BCUT2D eigenvalue weighted by molar-refractivity contribution is 9.09. The summed E-state index contributed by atoms with van der Waals surface area (Å²) in [4.78, 5) is 2.37. The van der Waals surface area contributed by atoms with Crippen LogP contribution in [0.25, 0.3) is 0 Å². The van der Waals surface area contributed by atoms with Gasteiger partial charge in [-0.15, -0.1) is 0 Å². The molecule has 0 N–H and O–H groups in total. The maximum atomic E-state index is 3.46. The molecule has 2 heteroatoms. The van der Waals surface area contributed by atoms with Crippen molar-refractivity contribution in [3.8, 4) is 0 Å². The summed E-state index contributed by atoms with van der Waals surface area (Å²) in [7, 11) is 2.18. The molecule has 0 spiro atoms. The third kappa shape index (κ3) is 6.82. The number of hydrogen-bond acceptors (Lipinski definition) is 1. The number of halogens is 1. The summed E-state index contributed by atoms with van der Waals surface area (Å²) in [6, 6.07) is 0. The molecule has 0 saturated heterocycles. The fourth-order valence-corrected chi connectivity index (χ4v) is 1.71. The van der Waals surface area contributed by atoms with Crippen molar-refractivity contribution in [2.24, 2.45) is 5.92 Å². The fraction of sp³-hybridized carbons (Fsp3) is 1.00. The first-order valence-electron chi connectivity index (χ1n) is 4.45. The summed E-state index contributed by atoms with van der Waals surface area (Å²) < 4.78 is 0. The van der Waals surface area contributed by atoms with E-state index in [1.807, 2.05) is 0 Å². The van der Waals surface area contributed by atoms with Gasteiger partial charge in [-0.05, 0) is 38.9 Å². The largest absolute Gasteiger partial charge is 0.307 e. The van der Waals surface area contributed by atoms with Crippen LogP contribution in [-0.4, -0.2) is 30.4 Å². The maximum absolute atomic E-state index is 3.46. The molecule has 0 saturated carbocycles. The first-order chi connectivity index (χ1) is 5.20. The van der Waals surface area contributed by atoms with Crippen LogP contribution in [0, 0.1) is 5.92 Å². The van der Waals surface area contributed by atoms with Crippen LogP contribution in [0.1, 0.15) is 26.7 Å². The number of nitrogens with zero attached hydrogens (tertiary/aromatic N) is 1. The van der Waals surface area contributed by atoms with Gasteiger partial charge in [0.2, 0.25) is 0 Å². The Bertz CT molecular complexity index is 85.6. The smallest absolute Gasteiger partial charge is 0.00338 e. The van der Waals surface area contributed by atoms with Crippen molar-refractivity contribution in [2.45, 2.75) is 26.7 Å². The molecule has 1 unspecified atom stereocenters. The van der Waals surface area contributed by atoms with E-state index in [1.165, 1.54) is 25.9 Å². The molecule has 0 heterocycles. The Labute approximate surface area is 79.3 Å². The summed E-state index contributed by atoms with van der Waals surface area (Å²) >= 11 is 3.46. The van der Waals surface area contributed by atoms with Gasteiger partial charge < -0.3 is 4.90 Å². The molecule has 0 aromatic rings. The van der Waals surface area contributed by atoms with E-state index in [0.717, 1.165) is 11.2 Å². The molecular weight excluding hydrogens is 202 g/mol. The van der Waals surface area contributed by atoms with Gasteiger partial charge in [0.1, 0.15) is 0 Å². The number of rotatable bonds is 6. The van der Waals surface area contributed by atoms with E-state index >= 15 is 0 Å². The van der Waals surface area contributed by atoms with Gasteiger partial charge in [-0.25, -0.2) is 0 Å². The van der Waals surface area contributed by atoms with E-state index in [9.17, 15) is 0 Å². The zero-order chi connectivity index (χ0) is 8.69. The van der Waals surface area contributed by atoms with E-state index in [2.05, 4.69) is 41.7 Å². The molecule has 0 aliphatic heterocycles. The Morgan fingerprint density at radius 2 is 2.00 bits per heavy atom. The average Bonchev–Trinajstić information content (AvgIpc) is 2.01. The summed E-state index contributed by atoms with van der Waals surface area (Å²) in [6.45, 7) is 6.94. The molecule has 0 aromatic heterocycles. The molecule has 11 heavy (non-hydrogen) atoms. The minimum Gasteiger partial charge on any atom is -0.307 e. The Morgan fingerprint density at radius 1 is 1.36 bits per heavy atom.